The van der Waals surface area contributed by atoms with Gasteiger partial charge in [-0.25, -0.2) is 0 Å². The zero-order chi connectivity index (χ0) is 11.4. The SMILES string of the molecule is CCC1CNCC1N(CC)c1ccccc1. The minimum absolute atomic E-state index is 0.664. The Kier molecular flexibility index (Phi) is 3.83. The minimum Gasteiger partial charge on any atom is -0.367 e. The molecular formula is C14H22N2. The predicted molar refractivity (Wildman–Crippen MR) is 69.9 cm³/mol. The van der Waals surface area contributed by atoms with Crippen molar-refractivity contribution in [1.29, 1.82) is 0 Å². The second-order valence-corrected chi connectivity index (χ2v) is 4.52. The van der Waals surface area contributed by atoms with Gasteiger partial charge in [-0.1, -0.05) is 31.5 Å². The van der Waals surface area contributed by atoms with Crippen molar-refractivity contribution < 1.29 is 0 Å². The molecule has 2 nitrogen and oxygen atoms in total. The van der Waals surface area contributed by atoms with Crippen molar-refractivity contribution in [2.75, 3.05) is 24.5 Å². The average molecular weight is 218 g/mol. The van der Waals surface area contributed by atoms with Gasteiger partial charge in [0.15, 0.2) is 0 Å². The zero-order valence-electron chi connectivity index (χ0n) is 10.3. The van der Waals surface area contributed by atoms with Gasteiger partial charge in [0.25, 0.3) is 0 Å². The first-order chi connectivity index (χ1) is 7.86. The van der Waals surface area contributed by atoms with Crippen LogP contribution in [0.5, 0.6) is 0 Å². The molecule has 16 heavy (non-hydrogen) atoms. The number of para-hydroxylation sites is 1. The fourth-order valence-electron chi connectivity index (χ4n) is 2.73. The van der Waals surface area contributed by atoms with Gasteiger partial charge in [0.2, 0.25) is 0 Å². The van der Waals surface area contributed by atoms with Crippen molar-refractivity contribution in [2.45, 2.75) is 26.3 Å². The number of rotatable bonds is 4. The summed E-state index contributed by atoms with van der Waals surface area (Å²) in [4.78, 5) is 2.54. The molecule has 1 aliphatic rings. The van der Waals surface area contributed by atoms with Crippen LogP contribution < -0.4 is 10.2 Å². The predicted octanol–water partition coefficient (Wildman–Crippen LogP) is 2.51. The number of likely N-dealkylation sites (N-methyl/N-ethyl adjacent to an activating group) is 1. The second kappa shape index (κ2) is 5.35. The zero-order valence-corrected chi connectivity index (χ0v) is 10.3. The van der Waals surface area contributed by atoms with E-state index in [0.29, 0.717) is 6.04 Å². The number of hydrogen-bond acceptors (Lipinski definition) is 2. The monoisotopic (exact) mass is 218 g/mol. The van der Waals surface area contributed by atoms with Gasteiger partial charge >= 0.3 is 0 Å². The van der Waals surface area contributed by atoms with Crippen LogP contribution in [0.3, 0.4) is 0 Å². The number of nitrogens with zero attached hydrogens (tertiary/aromatic N) is 1. The fraction of sp³-hybridized carbons (Fsp3) is 0.571. The molecule has 2 unspecified atom stereocenters. The first-order valence-corrected chi connectivity index (χ1v) is 6.39. The van der Waals surface area contributed by atoms with Gasteiger partial charge in [-0.15, -0.1) is 0 Å². The fourth-order valence-corrected chi connectivity index (χ4v) is 2.73. The van der Waals surface area contributed by atoms with Gasteiger partial charge in [-0.2, -0.15) is 0 Å². The Labute approximate surface area is 98.7 Å². The topological polar surface area (TPSA) is 15.3 Å². The maximum atomic E-state index is 3.52. The summed E-state index contributed by atoms with van der Waals surface area (Å²) in [5, 5.41) is 3.52. The summed E-state index contributed by atoms with van der Waals surface area (Å²) in [6.45, 7) is 7.93. The van der Waals surface area contributed by atoms with E-state index in [2.05, 4.69) is 54.4 Å². The average Bonchev–Trinajstić information content (AvgIpc) is 2.80. The molecule has 88 valence electrons. The summed E-state index contributed by atoms with van der Waals surface area (Å²) < 4.78 is 0. The van der Waals surface area contributed by atoms with Gasteiger partial charge in [0, 0.05) is 31.4 Å². The van der Waals surface area contributed by atoms with E-state index in [9.17, 15) is 0 Å². The van der Waals surface area contributed by atoms with E-state index in [1.54, 1.807) is 0 Å². The Morgan fingerprint density at radius 1 is 1.19 bits per heavy atom. The van der Waals surface area contributed by atoms with Crippen LogP contribution in [0.4, 0.5) is 5.69 Å². The summed E-state index contributed by atoms with van der Waals surface area (Å²) in [5.41, 5.74) is 1.36. The van der Waals surface area contributed by atoms with Crippen LogP contribution in [-0.2, 0) is 0 Å². The molecule has 1 N–H and O–H groups in total. The van der Waals surface area contributed by atoms with Gasteiger partial charge in [0.1, 0.15) is 0 Å². The number of anilines is 1. The molecule has 2 heteroatoms. The summed E-state index contributed by atoms with van der Waals surface area (Å²) in [7, 11) is 0. The molecule has 1 heterocycles. The quantitative estimate of drug-likeness (QED) is 0.835. The molecule has 0 spiro atoms. The molecule has 0 saturated carbocycles. The highest BCUT2D eigenvalue weighted by Gasteiger charge is 2.29. The molecule has 0 amide bonds. The third-order valence-electron chi connectivity index (χ3n) is 3.66. The van der Waals surface area contributed by atoms with E-state index in [4.69, 9.17) is 0 Å². The lowest BCUT2D eigenvalue weighted by Gasteiger charge is -2.33. The maximum absolute atomic E-state index is 3.52. The van der Waals surface area contributed by atoms with Crippen LogP contribution in [0.2, 0.25) is 0 Å². The second-order valence-electron chi connectivity index (χ2n) is 4.52. The first-order valence-electron chi connectivity index (χ1n) is 6.39. The lowest BCUT2D eigenvalue weighted by Crippen LogP contribution is -2.40. The lowest BCUT2D eigenvalue weighted by atomic mass is 9.98. The molecule has 0 aliphatic carbocycles. The highest BCUT2D eigenvalue weighted by Crippen LogP contribution is 2.24. The maximum Gasteiger partial charge on any atom is 0.0454 e. The number of benzene rings is 1. The Balaban J connectivity index is 2.16. The Morgan fingerprint density at radius 2 is 1.94 bits per heavy atom. The van der Waals surface area contributed by atoms with E-state index < -0.39 is 0 Å². The third kappa shape index (κ3) is 2.22. The van der Waals surface area contributed by atoms with Gasteiger partial charge in [-0.05, 0) is 25.0 Å². The van der Waals surface area contributed by atoms with Crippen LogP contribution in [0, 0.1) is 5.92 Å². The molecule has 0 radical (unpaired) electrons. The Hall–Kier alpha value is -1.02. The molecule has 2 atom stereocenters. The van der Waals surface area contributed by atoms with Crippen LogP contribution >= 0.6 is 0 Å². The van der Waals surface area contributed by atoms with Crippen LogP contribution in [-0.4, -0.2) is 25.7 Å². The van der Waals surface area contributed by atoms with Crippen molar-refractivity contribution in [2.24, 2.45) is 5.92 Å². The van der Waals surface area contributed by atoms with Crippen molar-refractivity contribution >= 4 is 5.69 Å². The molecule has 0 bridgehead atoms. The summed E-state index contributed by atoms with van der Waals surface area (Å²) in [6.07, 6.45) is 1.26. The molecule has 1 aromatic rings. The van der Waals surface area contributed by atoms with Crippen LogP contribution in [0.15, 0.2) is 30.3 Å². The molecular weight excluding hydrogens is 196 g/mol. The molecule has 0 aromatic heterocycles. The summed E-state index contributed by atoms with van der Waals surface area (Å²) >= 11 is 0. The van der Waals surface area contributed by atoms with Crippen molar-refractivity contribution in [3.8, 4) is 0 Å². The standard InChI is InChI=1S/C14H22N2/c1-3-12-10-15-11-14(12)16(4-2)13-8-6-5-7-9-13/h5-9,12,14-15H,3-4,10-11H2,1-2H3. The number of nitrogens with one attached hydrogen (secondary N) is 1. The summed E-state index contributed by atoms with van der Waals surface area (Å²) in [6, 6.07) is 11.4. The van der Waals surface area contributed by atoms with Crippen molar-refractivity contribution in [3.63, 3.8) is 0 Å². The summed E-state index contributed by atoms with van der Waals surface area (Å²) in [5.74, 6) is 0.792. The Morgan fingerprint density at radius 3 is 2.56 bits per heavy atom. The normalized spacial score (nSPS) is 24.6. The minimum atomic E-state index is 0.664. The van der Waals surface area contributed by atoms with Gasteiger partial charge in [-0.3, -0.25) is 0 Å². The van der Waals surface area contributed by atoms with E-state index >= 15 is 0 Å². The Bertz CT molecular complexity index is 310. The van der Waals surface area contributed by atoms with E-state index in [-0.39, 0.29) is 0 Å². The van der Waals surface area contributed by atoms with Crippen LogP contribution in [0.1, 0.15) is 20.3 Å². The van der Waals surface area contributed by atoms with E-state index in [1.165, 1.54) is 18.7 Å². The highest BCUT2D eigenvalue weighted by atomic mass is 15.2. The molecule has 1 fully saturated rings. The van der Waals surface area contributed by atoms with Crippen molar-refractivity contribution in [3.05, 3.63) is 30.3 Å². The molecule has 1 saturated heterocycles. The van der Waals surface area contributed by atoms with Crippen LogP contribution in [0.25, 0.3) is 0 Å². The van der Waals surface area contributed by atoms with Crippen molar-refractivity contribution in [1.82, 2.24) is 5.32 Å². The molecule has 1 aromatic carbocycles. The molecule has 2 rings (SSSR count). The number of hydrogen-bond donors (Lipinski definition) is 1. The van der Waals surface area contributed by atoms with Gasteiger partial charge < -0.3 is 10.2 Å². The first kappa shape index (κ1) is 11.5. The largest absolute Gasteiger partial charge is 0.367 e. The highest BCUT2D eigenvalue weighted by molar-refractivity contribution is 5.47. The smallest absolute Gasteiger partial charge is 0.0454 e. The van der Waals surface area contributed by atoms with E-state index in [0.717, 1.165) is 19.0 Å². The third-order valence-corrected chi connectivity index (χ3v) is 3.66. The molecule has 1 aliphatic heterocycles. The lowest BCUT2D eigenvalue weighted by molar-refractivity contribution is 0.470. The van der Waals surface area contributed by atoms with E-state index in [1.807, 2.05) is 0 Å². The van der Waals surface area contributed by atoms with Gasteiger partial charge in [0.05, 0.1) is 0 Å².